The Balaban J connectivity index is 1.58. The zero-order valence-electron chi connectivity index (χ0n) is 15.7. The van der Waals surface area contributed by atoms with Gasteiger partial charge in [0.2, 0.25) is 5.88 Å². The van der Waals surface area contributed by atoms with Gasteiger partial charge in [0.05, 0.1) is 24.8 Å². The molecule has 0 saturated heterocycles. The smallest absolute Gasteiger partial charge is 0.319 e. The molecule has 0 amide bonds. The number of rotatable bonds is 5. The second-order valence-corrected chi connectivity index (χ2v) is 7.12. The second kappa shape index (κ2) is 6.93. The van der Waals surface area contributed by atoms with Crippen LogP contribution in [0.4, 0.5) is 0 Å². The zero-order chi connectivity index (χ0) is 20.0. The molecule has 5 rings (SSSR count). The molecular formula is C19H16ClN7O2. The number of halogens is 1. The second-order valence-electron chi connectivity index (χ2n) is 6.69. The highest BCUT2D eigenvalue weighted by atomic mass is 35.5. The average molecular weight is 410 g/mol. The molecule has 2 atom stereocenters. The molecule has 9 nitrogen and oxygen atoms in total. The van der Waals surface area contributed by atoms with Crippen molar-refractivity contribution in [2.24, 2.45) is 0 Å². The largest absolute Gasteiger partial charge is 0.480 e. The fourth-order valence-corrected chi connectivity index (χ4v) is 3.61. The summed E-state index contributed by atoms with van der Waals surface area (Å²) in [6, 6.07) is 6.06. The Morgan fingerprint density at radius 1 is 1.07 bits per heavy atom. The van der Waals surface area contributed by atoms with Crippen LogP contribution in [0.2, 0.25) is 5.02 Å². The van der Waals surface area contributed by atoms with Crippen LogP contribution in [0.15, 0.2) is 36.9 Å². The highest BCUT2D eigenvalue weighted by Gasteiger charge is 2.42. The summed E-state index contributed by atoms with van der Waals surface area (Å²) in [5, 5.41) is 9.42. The van der Waals surface area contributed by atoms with Gasteiger partial charge in [0.25, 0.3) is 0 Å². The minimum atomic E-state index is 0.226. The lowest BCUT2D eigenvalue weighted by molar-refractivity contribution is 0.353. The molecule has 0 aromatic carbocycles. The van der Waals surface area contributed by atoms with Crippen molar-refractivity contribution in [3.8, 4) is 23.1 Å². The van der Waals surface area contributed by atoms with E-state index < -0.39 is 0 Å². The van der Waals surface area contributed by atoms with Gasteiger partial charge in [-0.3, -0.25) is 4.98 Å². The number of pyridine rings is 1. The van der Waals surface area contributed by atoms with Crippen LogP contribution in [0.5, 0.6) is 11.9 Å². The summed E-state index contributed by atoms with van der Waals surface area (Å²) in [7, 11) is 3.05. The normalized spacial score (nSPS) is 18.0. The number of aromatic nitrogens is 7. The number of hydrogen-bond acceptors (Lipinski definition) is 8. The van der Waals surface area contributed by atoms with Gasteiger partial charge in [0.1, 0.15) is 12.0 Å². The fraction of sp³-hybridized carbons (Fsp3) is 0.263. The molecular weight excluding hydrogens is 394 g/mol. The van der Waals surface area contributed by atoms with E-state index in [1.165, 1.54) is 18.1 Å². The van der Waals surface area contributed by atoms with Crippen LogP contribution in [0, 0.1) is 0 Å². The van der Waals surface area contributed by atoms with Gasteiger partial charge in [-0.05, 0) is 30.5 Å². The molecule has 4 aromatic heterocycles. The lowest BCUT2D eigenvalue weighted by Gasteiger charge is -2.10. The Hall–Kier alpha value is -3.33. The molecule has 0 aliphatic heterocycles. The SMILES string of the molecule is COc1ncc(-c2cc([C@H]3C[C@@H]3c3ccc(Cl)cn3)c3ncnn3n2)c(OC)n1. The van der Waals surface area contributed by atoms with E-state index >= 15 is 0 Å². The van der Waals surface area contributed by atoms with Crippen molar-refractivity contribution in [3.63, 3.8) is 0 Å². The molecule has 1 fully saturated rings. The quantitative estimate of drug-likeness (QED) is 0.496. The third-order valence-electron chi connectivity index (χ3n) is 4.99. The predicted molar refractivity (Wildman–Crippen MR) is 104 cm³/mol. The first-order valence-electron chi connectivity index (χ1n) is 8.95. The van der Waals surface area contributed by atoms with Gasteiger partial charge in [-0.1, -0.05) is 11.6 Å². The Morgan fingerprint density at radius 2 is 1.97 bits per heavy atom. The first-order valence-corrected chi connectivity index (χ1v) is 9.33. The van der Waals surface area contributed by atoms with Crippen LogP contribution in [-0.4, -0.2) is 49.0 Å². The van der Waals surface area contributed by atoms with Crippen molar-refractivity contribution in [1.29, 1.82) is 0 Å². The van der Waals surface area contributed by atoms with Gasteiger partial charge >= 0.3 is 6.01 Å². The number of nitrogens with zero attached hydrogens (tertiary/aromatic N) is 7. The van der Waals surface area contributed by atoms with Gasteiger partial charge in [-0.15, -0.1) is 14.8 Å². The van der Waals surface area contributed by atoms with Crippen molar-refractivity contribution in [2.45, 2.75) is 18.3 Å². The zero-order valence-corrected chi connectivity index (χ0v) is 16.4. The van der Waals surface area contributed by atoms with Crippen LogP contribution in [0.1, 0.15) is 29.5 Å². The van der Waals surface area contributed by atoms with Gasteiger partial charge in [0.15, 0.2) is 5.65 Å². The molecule has 146 valence electrons. The highest BCUT2D eigenvalue weighted by molar-refractivity contribution is 6.30. The van der Waals surface area contributed by atoms with E-state index in [1.54, 1.807) is 19.5 Å². The first-order chi connectivity index (χ1) is 14.2. The van der Waals surface area contributed by atoms with E-state index in [0.29, 0.717) is 28.1 Å². The molecule has 0 radical (unpaired) electrons. The van der Waals surface area contributed by atoms with Gasteiger partial charge in [0, 0.05) is 29.6 Å². The van der Waals surface area contributed by atoms with Gasteiger partial charge < -0.3 is 9.47 Å². The first kappa shape index (κ1) is 17.7. The predicted octanol–water partition coefficient (Wildman–Crippen LogP) is 2.92. The maximum Gasteiger partial charge on any atom is 0.319 e. The molecule has 29 heavy (non-hydrogen) atoms. The summed E-state index contributed by atoms with van der Waals surface area (Å²) < 4.78 is 12.0. The Labute approximate surface area is 170 Å². The van der Waals surface area contributed by atoms with Crippen molar-refractivity contribution in [1.82, 2.24) is 34.8 Å². The maximum atomic E-state index is 5.97. The molecule has 1 aliphatic carbocycles. The molecule has 4 heterocycles. The van der Waals surface area contributed by atoms with E-state index in [9.17, 15) is 0 Å². The van der Waals surface area contributed by atoms with E-state index in [0.717, 1.165) is 23.3 Å². The summed E-state index contributed by atoms with van der Waals surface area (Å²) in [4.78, 5) is 17.3. The van der Waals surface area contributed by atoms with Gasteiger partial charge in [-0.25, -0.2) is 9.97 Å². The molecule has 0 spiro atoms. The molecule has 10 heteroatoms. The van der Waals surface area contributed by atoms with Crippen molar-refractivity contribution >= 4 is 17.2 Å². The van der Waals surface area contributed by atoms with Crippen LogP contribution >= 0.6 is 11.6 Å². The molecule has 0 N–H and O–H groups in total. The van der Waals surface area contributed by atoms with Crippen LogP contribution in [0.3, 0.4) is 0 Å². The summed E-state index contributed by atoms with van der Waals surface area (Å²) in [6.45, 7) is 0. The van der Waals surface area contributed by atoms with Crippen molar-refractivity contribution in [3.05, 3.63) is 53.2 Å². The monoisotopic (exact) mass is 409 g/mol. The topological polar surface area (TPSA) is 100 Å². The number of fused-ring (bicyclic) bond motifs is 1. The average Bonchev–Trinajstić information content (AvgIpc) is 3.41. The molecule has 1 saturated carbocycles. The standard InChI is InChI=1S/C19H16ClN7O2/c1-28-18-14(8-22-19(25-18)29-2)16-6-13(17-23-9-24-27(17)26-16)11-5-12(11)15-4-3-10(20)7-21-15/h3-4,6-9,11-12H,5H2,1-2H3/t11-,12-/m0/s1. The van der Waals surface area contributed by atoms with E-state index in [1.807, 2.05) is 18.2 Å². The Morgan fingerprint density at radius 3 is 2.72 bits per heavy atom. The van der Waals surface area contributed by atoms with Crippen molar-refractivity contribution < 1.29 is 9.47 Å². The Kier molecular flexibility index (Phi) is 4.24. The van der Waals surface area contributed by atoms with Gasteiger partial charge in [-0.2, -0.15) is 4.98 Å². The number of methoxy groups -OCH3 is 2. The van der Waals surface area contributed by atoms with Crippen LogP contribution in [0.25, 0.3) is 16.9 Å². The third-order valence-corrected chi connectivity index (χ3v) is 5.21. The molecule has 1 aliphatic rings. The lowest BCUT2D eigenvalue weighted by atomic mass is 10.1. The summed E-state index contributed by atoms with van der Waals surface area (Å²) in [5.41, 5.74) is 4.08. The summed E-state index contributed by atoms with van der Waals surface area (Å²) >= 11 is 5.97. The minimum absolute atomic E-state index is 0.226. The minimum Gasteiger partial charge on any atom is -0.480 e. The van der Waals surface area contributed by atoms with Crippen LogP contribution in [-0.2, 0) is 0 Å². The Bertz CT molecular complexity index is 1200. The number of hydrogen-bond donors (Lipinski definition) is 0. The van der Waals surface area contributed by atoms with Crippen molar-refractivity contribution in [2.75, 3.05) is 14.2 Å². The summed E-state index contributed by atoms with van der Waals surface area (Å²) in [6.07, 6.45) is 5.77. The molecule has 0 unspecified atom stereocenters. The molecule has 4 aromatic rings. The van der Waals surface area contributed by atoms with E-state index in [4.69, 9.17) is 21.1 Å². The number of ether oxygens (including phenoxy) is 2. The fourth-order valence-electron chi connectivity index (χ4n) is 3.50. The van der Waals surface area contributed by atoms with Crippen LogP contribution < -0.4 is 9.47 Å². The summed E-state index contributed by atoms with van der Waals surface area (Å²) in [5.74, 6) is 0.945. The third kappa shape index (κ3) is 3.13. The maximum absolute atomic E-state index is 5.97. The lowest BCUT2D eigenvalue weighted by Crippen LogP contribution is -2.04. The van der Waals surface area contributed by atoms with E-state index in [2.05, 4.69) is 30.1 Å². The molecule has 0 bridgehead atoms. The van der Waals surface area contributed by atoms with E-state index in [-0.39, 0.29) is 11.9 Å². The highest BCUT2D eigenvalue weighted by Crippen LogP contribution is 2.55.